The second-order valence-corrected chi connectivity index (χ2v) is 6.55. The van der Waals surface area contributed by atoms with Gasteiger partial charge in [0, 0.05) is 19.2 Å². The number of nitrogens with one attached hydrogen (secondary N) is 1. The number of ether oxygens (including phenoxy) is 1. The average molecular weight is 318 g/mol. The molecule has 23 heavy (non-hydrogen) atoms. The molecule has 2 atom stereocenters. The van der Waals surface area contributed by atoms with Crippen molar-refractivity contribution in [2.75, 3.05) is 19.8 Å². The Bertz CT molecular complexity index is 528. The van der Waals surface area contributed by atoms with Gasteiger partial charge in [0.05, 0.1) is 12.6 Å². The van der Waals surface area contributed by atoms with Crippen LogP contribution in [0.15, 0.2) is 24.3 Å². The van der Waals surface area contributed by atoms with Crippen LogP contribution in [0.5, 0.6) is 0 Å². The maximum atomic E-state index is 12.6. The van der Waals surface area contributed by atoms with E-state index in [1.807, 2.05) is 0 Å². The van der Waals surface area contributed by atoms with Gasteiger partial charge in [-0.05, 0) is 38.2 Å². The van der Waals surface area contributed by atoms with Crippen molar-refractivity contribution in [3.8, 4) is 0 Å². The quantitative estimate of drug-likeness (QED) is 0.876. The van der Waals surface area contributed by atoms with E-state index in [0.717, 1.165) is 37.9 Å². The van der Waals surface area contributed by atoms with Crippen molar-refractivity contribution in [3.63, 3.8) is 0 Å². The number of carbonyl (C=O) groups is 1. The first kappa shape index (κ1) is 16.3. The molecule has 1 aromatic rings. The van der Waals surface area contributed by atoms with E-state index >= 15 is 0 Å². The van der Waals surface area contributed by atoms with Gasteiger partial charge in [0.2, 0.25) is 0 Å². The molecule has 126 valence electrons. The molecule has 0 bridgehead atoms. The topological polar surface area (TPSA) is 61.8 Å². The fourth-order valence-corrected chi connectivity index (χ4v) is 3.20. The van der Waals surface area contributed by atoms with Crippen LogP contribution in [0.25, 0.3) is 0 Å². The number of rotatable bonds is 5. The van der Waals surface area contributed by atoms with Crippen molar-refractivity contribution in [2.45, 2.75) is 50.8 Å². The van der Waals surface area contributed by atoms with Crippen molar-refractivity contribution >= 4 is 6.03 Å². The molecule has 0 aromatic heterocycles. The Morgan fingerprint density at radius 2 is 2.04 bits per heavy atom. The zero-order valence-corrected chi connectivity index (χ0v) is 13.7. The number of hydrogen-bond donors (Lipinski definition) is 2. The Morgan fingerprint density at radius 3 is 2.70 bits per heavy atom. The van der Waals surface area contributed by atoms with Crippen LogP contribution in [0.2, 0.25) is 0 Å². The molecule has 2 fully saturated rings. The summed E-state index contributed by atoms with van der Waals surface area (Å²) in [5.41, 5.74) is 2.33. The molecule has 1 aromatic carbocycles. The fraction of sp³-hybridized carbons (Fsp3) is 0.611. The van der Waals surface area contributed by atoms with E-state index in [1.165, 1.54) is 5.56 Å². The molecule has 2 aliphatic rings. The predicted octanol–water partition coefficient (Wildman–Crippen LogP) is 2.38. The molecule has 1 aliphatic carbocycles. The zero-order valence-electron chi connectivity index (χ0n) is 13.7. The highest BCUT2D eigenvalue weighted by atomic mass is 16.5. The molecule has 5 nitrogen and oxygen atoms in total. The van der Waals surface area contributed by atoms with Gasteiger partial charge < -0.3 is 20.1 Å². The molecular formula is C18H26N2O3. The van der Waals surface area contributed by atoms with Crippen LogP contribution in [0.3, 0.4) is 0 Å². The number of aliphatic hydroxyl groups excluding tert-OH is 1. The number of carbonyl (C=O) groups excluding carboxylic acids is 1. The number of hydrogen-bond acceptors (Lipinski definition) is 3. The van der Waals surface area contributed by atoms with Crippen LogP contribution in [-0.4, -0.2) is 47.9 Å². The third-order valence-electron chi connectivity index (χ3n) is 4.63. The van der Waals surface area contributed by atoms with Crippen LogP contribution in [0.4, 0.5) is 4.79 Å². The van der Waals surface area contributed by atoms with Gasteiger partial charge in [-0.3, -0.25) is 0 Å². The molecule has 3 rings (SSSR count). The van der Waals surface area contributed by atoms with Gasteiger partial charge in [0.25, 0.3) is 0 Å². The molecule has 0 spiro atoms. The lowest BCUT2D eigenvalue weighted by Crippen LogP contribution is -2.50. The Labute approximate surface area is 137 Å². The number of aliphatic hydroxyl groups is 1. The number of aryl methyl sites for hydroxylation is 1. The molecule has 0 unspecified atom stereocenters. The highest BCUT2D eigenvalue weighted by Gasteiger charge is 2.35. The van der Waals surface area contributed by atoms with E-state index in [1.54, 1.807) is 4.90 Å². The SMILES string of the molecule is Cc1ccc([C@@H]2OCCC[C@@H]2NC(=O)N(CCO)C2CC2)cc1. The maximum Gasteiger partial charge on any atom is 0.318 e. The van der Waals surface area contributed by atoms with Crippen molar-refractivity contribution in [1.29, 1.82) is 0 Å². The first-order valence-electron chi connectivity index (χ1n) is 8.55. The second kappa shape index (κ2) is 7.32. The summed E-state index contributed by atoms with van der Waals surface area (Å²) in [5.74, 6) is 0. The fourth-order valence-electron chi connectivity index (χ4n) is 3.20. The molecule has 0 radical (unpaired) electrons. The van der Waals surface area contributed by atoms with Crippen LogP contribution in [-0.2, 0) is 4.74 Å². The highest BCUT2D eigenvalue weighted by molar-refractivity contribution is 5.75. The molecule has 2 amide bonds. The van der Waals surface area contributed by atoms with E-state index in [0.29, 0.717) is 12.6 Å². The lowest BCUT2D eigenvalue weighted by molar-refractivity contribution is -0.00889. The molecule has 5 heteroatoms. The smallest absolute Gasteiger partial charge is 0.318 e. The summed E-state index contributed by atoms with van der Waals surface area (Å²) >= 11 is 0. The monoisotopic (exact) mass is 318 g/mol. The molecule has 1 saturated carbocycles. The molecule has 1 saturated heterocycles. The molecule has 1 heterocycles. The summed E-state index contributed by atoms with van der Waals surface area (Å²) in [4.78, 5) is 14.3. The number of nitrogens with zero attached hydrogens (tertiary/aromatic N) is 1. The average Bonchev–Trinajstić information content (AvgIpc) is 3.39. The second-order valence-electron chi connectivity index (χ2n) is 6.55. The molecular weight excluding hydrogens is 292 g/mol. The van der Waals surface area contributed by atoms with Gasteiger partial charge in [-0.2, -0.15) is 0 Å². The van der Waals surface area contributed by atoms with Crippen molar-refractivity contribution in [3.05, 3.63) is 35.4 Å². The van der Waals surface area contributed by atoms with Gasteiger partial charge in [-0.25, -0.2) is 4.79 Å². The highest BCUT2D eigenvalue weighted by Crippen LogP contribution is 2.30. The number of urea groups is 1. The lowest BCUT2D eigenvalue weighted by atomic mass is 9.95. The summed E-state index contributed by atoms with van der Waals surface area (Å²) < 4.78 is 5.95. The normalized spacial score (nSPS) is 24.3. The van der Waals surface area contributed by atoms with Gasteiger partial charge in [0.1, 0.15) is 6.10 Å². The number of benzene rings is 1. The van der Waals surface area contributed by atoms with Crippen LogP contribution in [0.1, 0.15) is 42.9 Å². The van der Waals surface area contributed by atoms with Gasteiger partial charge >= 0.3 is 6.03 Å². The van der Waals surface area contributed by atoms with Gasteiger partial charge in [-0.15, -0.1) is 0 Å². The lowest BCUT2D eigenvalue weighted by Gasteiger charge is -2.34. The van der Waals surface area contributed by atoms with Crippen molar-refractivity contribution < 1.29 is 14.6 Å². The maximum absolute atomic E-state index is 12.6. The van der Waals surface area contributed by atoms with Crippen LogP contribution >= 0.6 is 0 Å². The van der Waals surface area contributed by atoms with E-state index in [2.05, 4.69) is 36.5 Å². The summed E-state index contributed by atoms with van der Waals surface area (Å²) in [5, 5.41) is 12.3. The van der Waals surface area contributed by atoms with Crippen LogP contribution in [0, 0.1) is 6.92 Å². The first-order valence-corrected chi connectivity index (χ1v) is 8.55. The van der Waals surface area contributed by atoms with Crippen LogP contribution < -0.4 is 5.32 Å². The minimum atomic E-state index is -0.0940. The Balaban J connectivity index is 1.68. The van der Waals surface area contributed by atoms with Crippen molar-refractivity contribution in [2.24, 2.45) is 0 Å². The Morgan fingerprint density at radius 1 is 1.30 bits per heavy atom. The molecule has 2 N–H and O–H groups in total. The van der Waals surface area contributed by atoms with E-state index in [9.17, 15) is 9.90 Å². The van der Waals surface area contributed by atoms with E-state index < -0.39 is 0 Å². The van der Waals surface area contributed by atoms with Gasteiger partial charge in [-0.1, -0.05) is 29.8 Å². The first-order chi connectivity index (χ1) is 11.2. The summed E-state index contributed by atoms with van der Waals surface area (Å²) in [7, 11) is 0. The minimum absolute atomic E-state index is 0.00643. The number of amides is 2. The largest absolute Gasteiger partial charge is 0.395 e. The van der Waals surface area contributed by atoms with E-state index in [4.69, 9.17) is 4.74 Å². The zero-order chi connectivity index (χ0) is 16.2. The van der Waals surface area contributed by atoms with Crippen molar-refractivity contribution in [1.82, 2.24) is 10.2 Å². The standard InChI is InChI=1S/C18H26N2O3/c1-13-4-6-14(7-5-13)17-16(3-2-12-23-17)19-18(22)20(10-11-21)15-8-9-15/h4-7,15-17,21H,2-3,8-12H2,1H3,(H,19,22)/t16-,17-/m0/s1. The summed E-state index contributed by atoms with van der Waals surface area (Å²) in [6.45, 7) is 3.20. The van der Waals surface area contributed by atoms with Gasteiger partial charge in [0.15, 0.2) is 0 Å². The summed E-state index contributed by atoms with van der Waals surface area (Å²) in [6, 6.07) is 8.52. The minimum Gasteiger partial charge on any atom is -0.395 e. The third kappa shape index (κ3) is 4.03. The predicted molar refractivity (Wildman–Crippen MR) is 88.2 cm³/mol. The Hall–Kier alpha value is -1.59. The summed E-state index contributed by atoms with van der Waals surface area (Å²) in [6.07, 6.45) is 3.86. The molecule has 1 aliphatic heterocycles. The third-order valence-corrected chi connectivity index (χ3v) is 4.63. The Kier molecular flexibility index (Phi) is 5.18. The van der Waals surface area contributed by atoms with E-state index in [-0.39, 0.29) is 24.8 Å².